The monoisotopic (exact) mass is 219 g/mol. The van der Waals surface area contributed by atoms with Crippen LogP contribution < -0.4 is 5.09 Å². The first kappa shape index (κ1) is 13.9. The molecule has 0 aromatic rings. The summed E-state index contributed by atoms with van der Waals surface area (Å²) in [5.41, 5.74) is 0. The number of ether oxygens (including phenoxy) is 1. The lowest BCUT2D eigenvalue weighted by molar-refractivity contribution is -0.120. The molecule has 0 fully saturated rings. The third-order valence-electron chi connectivity index (χ3n) is 2.04. The molecule has 1 amide bonds. The summed E-state index contributed by atoms with van der Waals surface area (Å²) >= 11 is 0. The first-order chi connectivity index (χ1) is 6.56. The number of nitrogens with one attached hydrogen (secondary N) is 1. The average molecular weight is 219 g/mol. The number of carbonyl (C=O) groups is 1. The Morgan fingerprint density at radius 1 is 1.36 bits per heavy atom. The molecule has 0 radical (unpaired) electrons. The summed E-state index contributed by atoms with van der Waals surface area (Å²) in [5, 5.41) is 2.52. The summed E-state index contributed by atoms with van der Waals surface area (Å²) < 4.78 is 5.56. The van der Waals surface area contributed by atoms with Gasteiger partial charge in [-0.3, -0.25) is 4.79 Å². The van der Waals surface area contributed by atoms with Crippen molar-refractivity contribution in [2.75, 3.05) is 6.61 Å². The lowest BCUT2D eigenvalue weighted by atomic mass is 10.1. The van der Waals surface area contributed by atoms with Crippen LogP contribution in [0.2, 0.25) is 0 Å². The quantitative estimate of drug-likeness (QED) is 0.666. The summed E-state index contributed by atoms with van der Waals surface area (Å²) in [6.07, 6.45) is 2.58. The van der Waals surface area contributed by atoms with E-state index in [4.69, 9.17) is 4.74 Å². The number of amides is 1. The van der Waals surface area contributed by atoms with Gasteiger partial charge >= 0.3 is 0 Å². The molecule has 0 spiro atoms. The van der Waals surface area contributed by atoms with Crippen LogP contribution in [0.15, 0.2) is 0 Å². The van der Waals surface area contributed by atoms with Gasteiger partial charge in [0.1, 0.15) is 0 Å². The molecular formula is C10H22NO2P. The number of rotatable bonds is 7. The van der Waals surface area contributed by atoms with E-state index in [1.807, 2.05) is 6.92 Å². The minimum Gasteiger partial charge on any atom is -0.378 e. The van der Waals surface area contributed by atoms with Gasteiger partial charge in [-0.1, -0.05) is 13.8 Å². The van der Waals surface area contributed by atoms with Crippen molar-refractivity contribution >= 4 is 15.3 Å². The SMILES string of the molecule is CC(C)CCOC(C)CCC(=O)NP. The van der Waals surface area contributed by atoms with Crippen LogP contribution in [0.3, 0.4) is 0 Å². The van der Waals surface area contributed by atoms with E-state index in [0.717, 1.165) is 19.4 Å². The predicted molar refractivity (Wildman–Crippen MR) is 62.0 cm³/mol. The van der Waals surface area contributed by atoms with E-state index in [0.29, 0.717) is 12.3 Å². The highest BCUT2D eigenvalue weighted by atomic mass is 31.0. The fourth-order valence-corrected chi connectivity index (χ4v) is 1.14. The summed E-state index contributed by atoms with van der Waals surface area (Å²) in [6.45, 7) is 7.16. The van der Waals surface area contributed by atoms with Crippen molar-refractivity contribution in [1.29, 1.82) is 0 Å². The molecule has 4 heteroatoms. The fraction of sp³-hybridized carbons (Fsp3) is 0.900. The zero-order chi connectivity index (χ0) is 11.0. The second-order valence-corrected chi connectivity index (χ2v) is 4.26. The molecule has 1 N–H and O–H groups in total. The molecule has 0 aromatic carbocycles. The fourth-order valence-electron chi connectivity index (χ4n) is 0.995. The Hall–Kier alpha value is -0.140. The standard InChI is InChI=1S/C10H22NO2P/c1-8(2)6-7-13-9(3)4-5-10(12)11-14/h8-9H,4-7,14H2,1-3H3,(H,11,12). The van der Waals surface area contributed by atoms with Gasteiger partial charge in [-0.05, 0) is 35.1 Å². The highest BCUT2D eigenvalue weighted by molar-refractivity contribution is 7.15. The van der Waals surface area contributed by atoms with Gasteiger partial charge in [0.15, 0.2) is 0 Å². The maximum Gasteiger partial charge on any atom is 0.222 e. The summed E-state index contributed by atoms with van der Waals surface area (Å²) in [5.74, 6) is 0.729. The number of hydrogen-bond donors (Lipinski definition) is 1. The molecular weight excluding hydrogens is 197 g/mol. The van der Waals surface area contributed by atoms with Crippen molar-refractivity contribution in [1.82, 2.24) is 5.09 Å². The smallest absolute Gasteiger partial charge is 0.222 e. The Balaban J connectivity index is 3.36. The first-order valence-electron chi connectivity index (χ1n) is 5.17. The zero-order valence-corrected chi connectivity index (χ0v) is 10.5. The molecule has 0 aromatic heterocycles. The molecule has 0 saturated carbocycles. The topological polar surface area (TPSA) is 38.3 Å². The van der Waals surface area contributed by atoms with Crippen LogP contribution >= 0.6 is 9.39 Å². The average Bonchev–Trinajstić information content (AvgIpc) is 2.13. The second kappa shape index (κ2) is 8.19. The van der Waals surface area contributed by atoms with Crippen LogP contribution in [0.25, 0.3) is 0 Å². The minimum absolute atomic E-state index is 0.0503. The van der Waals surface area contributed by atoms with Crippen molar-refractivity contribution in [3.8, 4) is 0 Å². The Morgan fingerprint density at radius 3 is 2.50 bits per heavy atom. The molecule has 0 aliphatic heterocycles. The Morgan fingerprint density at radius 2 is 2.00 bits per heavy atom. The molecule has 3 nitrogen and oxygen atoms in total. The molecule has 0 aliphatic rings. The lowest BCUT2D eigenvalue weighted by Crippen LogP contribution is -2.16. The van der Waals surface area contributed by atoms with Gasteiger partial charge in [0, 0.05) is 13.0 Å². The van der Waals surface area contributed by atoms with E-state index in [1.165, 1.54) is 0 Å². The molecule has 0 heterocycles. The molecule has 14 heavy (non-hydrogen) atoms. The van der Waals surface area contributed by atoms with E-state index in [-0.39, 0.29) is 12.0 Å². The van der Waals surface area contributed by atoms with Crippen molar-refractivity contribution in [2.24, 2.45) is 5.92 Å². The van der Waals surface area contributed by atoms with E-state index < -0.39 is 0 Å². The second-order valence-electron chi connectivity index (χ2n) is 3.97. The summed E-state index contributed by atoms with van der Waals surface area (Å²) in [6, 6.07) is 0. The molecule has 2 atom stereocenters. The highest BCUT2D eigenvalue weighted by Crippen LogP contribution is 2.05. The first-order valence-corrected chi connectivity index (χ1v) is 5.75. The third kappa shape index (κ3) is 8.46. The molecule has 2 unspecified atom stereocenters. The van der Waals surface area contributed by atoms with Gasteiger partial charge in [0.05, 0.1) is 6.10 Å². The molecule has 0 bridgehead atoms. The number of carbonyl (C=O) groups excluding carboxylic acids is 1. The summed E-state index contributed by atoms with van der Waals surface area (Å²) in [4.78, 5) is 10.9. The van der Waals surface area contributed by atoms with Crippen molar-refractivity contribution in [3.63, 3.8) is 0 Å². The lowest BCUT2D eigenvalue weighted by Gasteiger charge is -2.13. The van der Waals surface area contributed by atoms with Gasteiger partial charge in [-0.15, -0.1) is 0 Å². The normalized spacial score (nSPS) is 12.9. The number of hydrogen-bond acceptors (Lipinski definition) is 2. The van der Waals surface area contributed by atoms with Gasteiger partial charge in [-0.2, -0.15) is 0 Å². The van der Waals surface area contributed by atoms with E-state index in [9.17, 15) is 4.79 Å². The van der Waals surface area contributed by atoms with Crippen LogP contribution in [0.1, 0.15) is 40.0 Å². The van der Waals surface area contributed by atoms with Crippen LogP contribution in [0.5, 0.6) is 0 Å². The van der Waals surface area contributed by atoms with E-state index in [1.54, 1.807) is 0 Å². The van der Waals surface area contributed by atoms with Gasteiger partial charge < -0.3 is 9.82 Å². The minimum atomic E-state index is 0.0503. The summed E-state index contributed by atoms with van der Waals surface area (Å²) in [7, 11) is 2.21. The van der Waals surface area contributed by atoms with Crippen molar-refractivity contribution < 1.29 is 9.53 Å². The Bertz CT molecular complexity index is 162. The molecule has 0 aliphatic carbocycles. The zero-order valence-electron chi connectivity index (χ0n) is 9.38. The van der Waals surface area contributed by atoms with Gasteiger partial charge in [-0.25, -0.2) is 0 Å². The van der Waals surface area contributed by atoms with Crippen LogP contribution in [-0.4, -0.2) is 18.6 Å². The van der Waals surface area contributed by atoms with Gasteiger partial charge in [0.2, 0.25) is 5.91 Å². The van der Waals surface area contributed by atoms with Crippen molar-refractivity contribution in [3.05, 3.63) is 0 Å². The third-order valence-corrected chi connectivity index (χ3v) is 2.36. The van der Waals surface area contributed by atoms with E-state index >= 15 is 0 Å². The maximum absolute atomic E-state index is 10.9. The van der Waals surface area contributed by atoms with Crippen molar-refractivity contribution in [2.45, 2.75) is 46.1 Å². The van der Waals surface area contributed by atoms with Crippen LogP contribution in [0, 0.1) is 5.92 Å². The molecule has 0 rings (SSSR count). The Kier molecular flexibility index (Phi) is 8.11. The molecule has 0 saturated heterocycles. The predicted octanol–water partition coefficient (Wildman–Crippen LogP) is 2.12. The largest absolute Gasteiger partial charge is 0.378 e. The Labute approximate surface area is 89.2 Å². The maximum atomic E-state index is 10.9. The van der Waals surface area contributed by atoms with Gasteiger partial charge in [0.25, 0.3) is 0 Å². The van der Waals surface area contributed by atoms with Crippen LogP contribution in [0.4, 0.5) is 0 Å². The highest BCUT2D eigenvalue weighted by Gasteiger charge is 2.05. The van der Waals surface area contributed by atoms with E-state index in [2.05, 4.69) is 28.3 Å². The van der Waals surface area contributed by atoms with Crippen LogP contribution in [-0.2, 0) is 9.53 Å². The molecule has 84 valence electrons.